The van der Waals surface area contributed by atoms with Crippen molar-refractivity contribution < 1.29 is 23.0 Å². The number of nitrogens with zero attached hydrogens (tertiary/aromatic N) is 4. The zero-order valence-corrected chi connectivity index (χ0v) is 15.4. The van der Waals surface area contributed by atoms with Gasteiger partial charge < -0.3 is 14.2 Å². The van der Waals surface area contributed by atoms with Crippen molar-refractivity contribution in [3.63, 3.8) is 0 Å². The van der Waals surface area contributed by atoms with E-state index in [9.17, 15) is 8.78 Å². The van der Waals surface area contributed by atoms with Crippen LogP contribution in [-0.4, -0.2) is 53.3 Å². The van der Waals surface area contributed by atoms with Crippen LogP contribution in [0.5, 0.6) is 17.5 Å². The summed E-state index contributed by atoms with van der Waals surface area (Å²) in [5, 5.41) is 0. The molecule has 3 rings (SSSR count). The summed E-state index contributed by atoms with van der Waals surface area (Å²) in [5.74, 6) is 0.613. The quantitative estimate of drug-likeness (QED) is 0.588. The second kappa shape index (κ2) is 7.75. The Balaban J connectivity index is 1.97. The molecular weight excluding hydrogens is 358 g/mol. The van der Waals surface area contributed by atoms with Crippen molar-refractivity contribution in [3.8, 4) is 28.8 Å². The number of hydrogen-bond donors (Lipinski definition) is 0. The van der Waals surface area contributed by atoms with Crippen LogP contribution in [0.4, 0.5) is 8.78 Å². The summed E-state index contributed by atoms with van der Waals surface area (Å²) in [6, 6.07) is 6.66. The largest absolute Gasteiger partial charge is 0.481 e. The molecule has 9 heteroatoms. The van der Waals surface area contributed by atoms with Crippen molar-refractivity contribution in [2.75, 3.05) is 21.2 Å². The van der Waals surface area contributed by atoms with Gasteiger partial charge in [0.05, 0.1) is 19.0 Å². The fourth-order valence-electron chi connectivity index (χ4n) is 2.44. The molecule has 7 nitrogen and oxygen atoms in total. The van der Waals surface area contributed by atoms with Gasteiger partial charge in [-0.15, -0.1) is 0 Å². The number of ether oxygens (including phenoxy) is 3. The van der Waals surface area contributed by atoms with E-state index >= 15 is 0 Å². The molecule has 0 bridgehead atoms. The van der Waals surface area contributed by atoms with Gasteiger partial charge in [0.15, 0.2) is 0 Å². The van der Waals surface area contributed by atoms with Crippen molar-refractivity contribution in [1.82, 2.24) is 19.3 Å². The minimum atomic E-state index is -2.97. The molecule has 0 spiro atoms. The lowest BCUT2D eigenvalue weighted by Gasteiger charge is -2.21. The number of aromatic nitrogens is 3. The summed E-state index contributed by atoms with van der Waals surface area (Å²) in [4.78, 5) is 10.2. The highest BCUT2D eigenvalue weighted by Gasteiger charge is 2.14. The molecule has 0 saturated heterocycles. The molecule has 3 aromatic rings. The first-order chi connectivity index (χ1) is 12.9. The van der Waals surface area contributed by atoms with Crippen molar-refractivity contribution in [2.24, 2.45) is 0 Å². The second-order valence-electron chi connectivity index (χ2n) is 6.03. The standard InChI is InChI=1S/C18H20F2N4O3/c1-11(23(2)3)26-13-5-6-24-14(10-21-15(24)9-13)12-7-16(25-4)22-17(8-12)27-18(19)20/h5-11,18H,1-4H3. The van der Waals surface area contributed by atoms with Crippen molar-refractivity contribution >= 4 is 5.65 Å². The predicted octanol–water partition coefficient (Wildman–Crippen LogP) is 3.29. The number of rotatable bonds is 7. The van der Waals surface area contributed by atoms with Crippen molar-refractivity contribution in [3.05, 3.63) is 36.7 Å². The fraction of sp³-hybridized carbons (Fsp3) is 0.333. The third-order valence-corrected chi connectivity index (χ3v) is 4.01. The molecule has 0 radical (unpaired) electrons. The molecule has 0 saturated carbocycles. The Bertz CT molecular complexity index is 930. The minimum absolute atomic E-state index is 0.0969. The van der Waals surface area contributed by atoms with Crippen LogP contribution in [0.25, 0.3) is 16.9 Å². The topological polar surface area (TPSA) is 61.1 Å². The highest BCUT2D eigenvalue weighted by Crippen LogP contribution is 2.29. The SMILES string of the molecule is COc1cc(-c2cnc3cc(OC(C)N(C)C)ccn23)cc(OC(F)F)n1. The van der Waals surface area contributed by atoms with Crippen LogP contribution in [0.1, 0.15) is 6.92 Å². The van der Waals surface area contributed by atoms with Gasteiger partial charge in [-0.1, -0.05) is 0 Å². The maximum absolute atomic E-state index is 12.6. The molecule has 144 valence electrons. The lowest BCUT2D eigenvalue weighted by molar-refractivity contribution is -0.0530. The number of methoxy groups -OCH3 is 1. The third kappa shape index (κ3) is 4.25. The number of hydrogen-bond acceptors (Lipinski definition) is 6. The second-order valence-corrected chi connectivity index (χ2v) is 6.03. The summed E-state index contributed by atoms with van der Waals surface area (Å²) < 4.78 is 42.2. The zero-order chi connectivity index (χ0) is 19.6. The Kier molecular flexibility index (Phi) is 5.41. The summed E-state index contributed by atoms with van der Waals surface area (Å²) in [6.07, 6.45) is 3.34. The Morgan fingerprint density at radius 1 is 1.11 bits per heavy atom. The Hall–Kier alpha value is -2.94. The summed E-state index contributed by atoms with van der Waals surface area (Å²) >= 11 is 0. The van der Waals surface area contributed by atoms with E-state index in [-0.39, 0.29) is 18.0 Å². The fourth-order valence-corrected chi connectivity index (χ4v) is 2.44. The van der Waals surface area contributed by atoms with Crippen LogP contribution in [0.15, 0.2) is 36.7 Å². The highest BCUT2D eigenvalue weighted by atomic mass is 19.3. The van der Waals surface area contributed by atoms with Gasteiger partial charge in [-0.05, 0) is 27.1 Å². The molecule has 0 N–H and O–H groups in total. The van der Waals surface area contributed by atoms with E-state index in [4.69, 9.17) is 9.47 Å². The van der Waals surface area contributed by atoms with E-state index in [1.807, 2.05) is 36.4 Å². The molecule has 0 aliphatic carbocycles. The van der Waals surface area contributed by atoms with E-state index in [0.717, 1.165) is 0 Å². The zero-order valence-electron chi connectivity index (χ0n) is 15.4. The first kappa shape index (κ1) is 18.8. The predicted molar refractivity (Wildman–Crippen MR) is 95.4 cm³/mol. The number of fused-ring (bicyclic) bond motifs is 1. The summed E-state index contributed by atoms with van der Waals surface area (Å²) in [6.45, 7) is -1.03. The average Bonchev–Trinajstić information content (AvgIpc) is 3.03. The molecule has 0 amide bonds. The monoisotopic (exact) mass is 378 g/mol. The first-order valence-electron chi connectivity index (χ1n) is 8.19. The molecule has 27 heavy (non-hydrogen) atoms. The van der Waals surface area contributed by atoms with E-state index < -0.39 is 6.61 Å². The van der Waals surface area contributed by atoms with Gasteiger partial charge in [0.2, 0.25) is 11.8 Å². The van der Waals surface area contributed by atoms with Crippen molar-refractivity contribution in [1.29, 1.82) is 0 Å². The van der Waals surface area contributed by atoms with Crippen LogP contribution in [0.3, 0.4) is 0 Å². The normalized spacial score (nSPS) is 12.6. The maximum atomic E-state index is 12.6. The van der Waals surface area contributed by atoms with Crippen LogP contribution < -0.4 is 14.2 Å². The average molecular weight is 378 g/mol. The van der Waals surface area contributed by atoms with Gasteiger partial charge in [-0.2, -0.15) is 13.8 Å². The lowest BCUT2D eigenvalue weighted by atomic mass is 10.2. The van der Waals surface area contributed by atoms with Gasteiger partial charge in [0.1, 0.15) is 17.6 Å². The first-order valence-corrected chi connectivity index (χ1v) is 8.19. The van der Waals surface area contributed by atoms with Crippen molar-refractivity contribution in [2.45, 2.75) is 19.8 Å². The van der Waals surface area contributed by atoms with Gasteiger partial charge in [-0.3, -0.25) is 9.30 Å². The van der Waals surface area contributed by atoms with E-state index in [1.54, 1.807) is 24.5 Å². The van der Waals surface area contributed by atoms with Crippen LogP contribution in [0.2, 0.25) is 0 Å². The Morgan fingerprint density at radius 3 is 2.52 bits per heavy atom. The van der Waals surface area contributed by atoms with E-state index in [1.165, 1.54) is 13.2 Å². The molecule has 0 fully saturated rings. The Morgan fingerprint density at radius 2 is 1.85 bits per heavy atom. The van der Waals surface area contributed by atoms with E-state index in [2.05, 4.69) is 14.7 Å². The molecular formula is C18H20F2N4O3. The van der Waals surface area contributed by atoms with Crippen LogP contribution in [0, 0.1) is 0 Å². The minimum Gasteiger partial charge on any atom is -0.481 e. The number of pyridine rings is 2. The van der Waals surface area contributed by atoms with Gasteiger partial charge >= 0.3 is 6.61 Å². The van der Waals surface area contributed by atoms with E-state index in [0.29, 0.717) is 22.7 Å². The molecule has 1 unspecified atom stereocenters. The lowest BCUT2D eigenvalue weighted by Crippen LogP contribution is -2.30. The Labute approximate surface area is 155 Å². The summed E-state index contributed by atoms with van der Waals surface area (Å²) in [7, 11) is 5.25. The summed E-state index contributed by atoms with van der Waals surface area (Å²) in [5.41, 5.74) is 1.91. The molecule has 0 aliphatic heterocycles. The maximum Gasteiger partial charge on any atom is 0.388 e. The van der Waals surface area contributed by atoms with Gasteiger partial charge in [-0.25, -0.2) is 4.98 Å². The van der Waals surface area contributed by atoms with Crippen LogP contribution >= 0.6 is 0 Å². The van der Waals surface area contributed by atoms with Gasteiger partial charge in [0.25, 0.3) is 0 Å². The number of alkyl halides is 2. The molecule has 0 aromatic carbocycles. The molecule has 3 aromatic heterocycles. The molecule has 1 atom stereocenters. The smallest absolute Gasteiger partial charge is 0.388 e. The number of halogens is 2. The van der Waals surface area contributed by atoms with Gasteiger partial charge in [0, 0.05) is 30.0 Å². The highest BCUT2D eigenvalue weighted by molar-refractivity contribution is 5.66. The molecule has 0 aliphatic rings. The number of imidazole rings is 1. The third-order valence-electron chi connectivity index (χ3n) is 4.01. The molecule has 3 heterocycles. The van der Waals surface area contributed by atoms with Crippen LogP contribution in [-0.2, 0) is 0 Å².